The lowest BCUT2D eigenvalue weighted by Gasteiger charge is -2.12. The van der Waals surface area contributed by atoms with Crippen LogP contribution in [0.5, 0.6) is 0 Å². The lowest BCUT2D eigenvalue weighted by molar-refractivity contribution is 0.859. The van der Waals surface area contributed by atoms with Crippen molar-refractivity contribution in [2.45, 2.75) is 26.3 Å². The maximum atomic E-state index is 6.00. The minimum absolute atomic E-state index is 0.0297. The lowest BCUT2D eigenvalue weighted by Crippen LogP contribution is -2.09. The molecule has 0 aromatic carbocycles. The number of nitrogens with zero attached hydrogens (tertiary/aromatic N) is 3. The molecule has 7 heteroatoms. The highest BCUT2D eigenvalue weighted by Crippen LogP contribution is 2.26. The first-order valence-electron chi connectivity index (χ1n) is 5.59. The molecule has 2 rings (SSSR count). The topological polar surface area (TPSA) is 76.7 Å². The Kier molecular flexibility index (Phi) is 3.98. The Labute approximate surface area is 114 Å². The molecule has 0 aliphatic rings. The van der Waals surface area contributed by atoms with Crippen LogP contribution in [-0.4, -0.2) is 15.0 Å². The van der Waals surface area contributed by atoms with Crippen LogP contribution >= 0.6 is 22.9 Å². The van der Waals surface area contributed by atoms with E-state index in [1.54, 1.807) is 11.3 Å². The van der Waals surface area contributed by atoms with Gasteiger partial charge in [0.15, 0.2) is 5.82 Å². The normalized spacial score (nSPS) is 12.4. The van der Waals surface area contributed by atoms with E-state index in [9.17, 15) is 0 Å². The molecule has 0 aliphatic carbocycles. The molecule has 0 saturated heterocycles. The van der Waals surface area contributed by atoms with Gasteiger partial charge in [-0.3, -0.25) is 0 Å². The number of rotatable bonds is 4. The highest BCUT2D eigenvalue weighted by atomic mass is 35.5. The molecule has 1 atom stereocenters. The number of nitrogens with one attached hydrogen (secondary N) is 1. The van der Waals surface area contributed by atoms with E-state index >= 15 is 0 Å². The standard InChI is InChI=1S/C11H14ClN5S/c1-3-7-4-14-10(18-7)6(2)16-9-8(12)5-15-11(13)17-9/h4-6H,3H2,1-2H3,(H3,13,15,16,17). The van der Waals surface area contributed by atoms with E-state index in [2.05, 4.69) is 27.2 Å². The third-order valence-electron chi connectivity index (χ3n) is 2.41. The Morgan fingerprint density at radius 3 is 2.89 bits per heavy atom. The summed E-state index contributed by atoms with van der Waals surface area (Å²) >= 11 is 7.68. The first-order chi connectivity index (χ1) is 8.60. The van der Waals surface area contributed by atoms with Gasteiger partial charge < -0.3 is 11.1 Å². The van der Waals surface area contributed by atoms with Gasteiger partial charge in [0.25, 0.3) is 0 Å². The van der Waals surface area contributed by atoms with Gasteiger partial charge in [-0.15, -0.1) is 11.3 Å². The number of nitrogens with two attached hydrogens (primary N) is 1. The zero-order valence-electron chi connectivity index (χ0n) is 10.1. The summed E-state index contributed by atoms with van der Waals surface area (Å²) in [5.41, 5.74) is 5.53. The van der Waals surface area contributed by atoms with E-state index in [0.717, 1.165) is 11.4 Å². The predicted molar refractivity (Wildman–Crippen MR) is 75.0 cm³/mol. The number of anilines is 2. The van der Waals surface area contributed by atoms with E-state index in [1.807, 2.05) is 13.1 Å². The molecular weight excluding hydrogens is 270 g/mol. The quantitative estimate of drug-likeness (QED) is 0.902. The molecule has 3 N–H and O–H groups in total. The number of aryl methyl sites for hydroxylation is 1. The van der Waals surface area contributed by atoms with Crippen LogP contribution < -0.4 is 11.1 Å². The van der Waals surface area contributed by atoms with Crippen molar-refractivity contribution in [3.8, 4) is 0 Å². The molecule has 1 unspecified atom stereocenters. The minimum atomic E-state index is 0.0297. The van der Waals surface area contributed by atoms with Gasteiger partial charge in [0.1, 0.15) is 10.0 Å². The maximum Gasteiger partial charge on any atom is 0.222 e. The van der Waals surface area contributed by atoms with Crippen LogP contribution in [0.2, 0.25) is 5.02 Å². The summed E-state index contributed by atoms with van der Waals surface area (Å²) in [6.07, 6.45) is 4.37. The van der Waals surface area contributed by atoms with E-state index in [1.165, 1.54) is 11.1 Å². The SMILES string of the molecule is CCc1cnc(C(C)Nc2nc(N)ncc2Cl)s1. The van der Waals surface area contributed by atoms with Gasteiger partial charge in [-0.1, -0.05) is 18.5 Å². The van der Waals surface area contributed by atoms with E-state index in [4.69, 9.17) is 17.3 Å². The maximum absolute atomic E-state index is 6.00. The number of halogens is 1. The van der Waals surface area contributed by atoms with Crippen molar-refractivity contribution in [1.82, 2.24) is 15.0 Å². The van der Waals surface area contributed by atoms with Crippen LogP contribution in [0.25, 0.3) is 0 Å². The van der Waals surface area contributed by atoms with Crippen LogP contribution in [-0.2, 0) is 6.42 Å². The highest BCUT2D eigenvalue weighted by Gasteiger charge is 2.13. The van der Waals surface area contributed by atoms with Gasteiger partial charge in [0, 0.05) is 11.1 Å². The number of hydrogen-bond acceptors (Lipinski definition) is 6. The largest absolute Gasteiger partial charge is 0.368 e. The van der Waals surface area contributed by atoms with Crippen molar-refractivity contribution in [1.29, 1.82) is 0 Å². The molecule has 2 heterocycles. The summed E-state index contributed by atoms with van der Waals surface area (Å²) in [5.74, 6) is 0.729. The lowest BCUT2D eigenvalue weighted by atomic mass is 10.3. The molecule has 0 fully saturated rings. The number of aromatic nitrogens is 3. The second kappa shape index (κ2) is 5.49. The molecule has 18 heavy (non-hydrogen) atoms. The summed E-state index contributed by atoms with van der Waals surface area (Å²) in [6.45, 7) is 4.12. The zero-order chi connectivity index (χ0) is 13.1. The first kappa shape index (κ1) is 13.0. The van der Waals surface area contributed by atoms with Crippen molar-refractivity contribution in [2.75, 3.05) is 11.1 Å². The van der Waals surface area contributed by atoms with E-state index in [0.29, 0.717) is 10.8 Å². The molecule has 0 spiro atoms. The van der Waals surface area contributed by atoms with Gasteiger partial charge in [-0.25, -0.2) is 9.97 Å². The Balaban J connectivity index is 2.15. The average Bonchev–Trinajstić information content (AvgIpc) is 2.82. The van der Waals surface area contributed by atoms with E-state index in [-0.39, 0.29) is 12.0 Å². The first-order valence-corrected chi connectivity index (χ1v) is 6.78. The molecule has 2 aromatic rings. The summed E-state index contributed by atoms with van der Waals surface area (Å²) in [6, 6.07) is 0.0297. The van der Waals surface area contributed by atoms with Crippen molar-refractivity contribution < 1.29 is 0 Å². The molecular formula is C11H14ClN5S. The Morgan fingerprint density at radius 1 is 1.44 bits per heavy atom. The van der Waals surface area contributed by atoms with Crippen molar-refractivity contribution >= 4 is 34.7 Å². The third kappa shape index (κ3) is 2.88. The summed E-state index contributed by atoms with van der Waals surface area (Å²) in [4.78, 5) is 13.5. The molecule has 0 bridgehead atoms. The number of nitrogen functional groups attached to an aromatic ring is 1. The minimum Gasteiger partial charge on any atom is -0.368 e. The Hall–Kier alpha value is -1.40. The Morgan fingerprint density at radius 2 is 2.22 bits per heavy atom. The second-order valence-corrected chi connectivity index (χ2v) is 5.36. The van der Waals surface area contributed by atoms with Crippen LogP contribution in [0.4, 0.5) is 11.8 Å². The zero-order valence-corrected chi connectivity index (χ0v) is 11.7. The fourth-order valence-electron chi connectivity index (χ4n) is 1.44. The fraction of sp³-hybridized carbons (Fsp3) is 0.364. The van der Waals surface area contributed by atoms with Crippen molar-refractivity contribution in [2.24, 2.45) is 0 Å². The summed E-state index contributed by atoms with van der Waals surface area (Å²) < 4.78 is 0. The van der Waals surface area contributed by atoms with Gasteiger partial charge >= 0.3 is 0 Å². The second-order valence-electron chi connectivity index (χ2n) is 3.81. The molecule has 96 valence electrons. The molecule has 2 aromatic heterocycles. The molecule has 5 nitrogen and oxygen atoms in total. The highest BCUT2D eigenvalue weighted by molar-refractivity contribution is 7.11. The smallest absolute Gasteiger partial charge is 0.222 e. The van der Waals surface area contributed by atoms with Crippen molar-refractivity contribution in [3.05, 3.63) is 27.3 Å². The fourth-order valence-corrected chi connectivity index (χ4v) is 2.44. The molecule has 0 radical (unpaired) electrons. The summed E-state index contributed by atoms with van der Waals surface area (Å²) in [7, 11) is 0. The van der Waals surface area contributed by atoms with Crippen LogP contribution in [0.1, 0.15) is 29.8 Å². The average molecular weight is 284 g/mol. The number of hydrogen-bond donors (Lipinski definition) is 2. The summed E-state index contributed by atoms with van der Waals surface area (Å²) in [5, 5.41) is 4.64. The molecule has 0 amide bonds. The van der Waals surface area contributed by atoms with Crippen molar-refractivity contribution in [3.63, 3.8) is 0 Å². The van der Waals surface area contributed by atoms with Crippen LogP contribution in [0.15, 0.2) is 12.4 Å². The molecule has 0 aliphatic heterocycles. The van der Waals surface area contributed by atoms with Gasteiger partial charge in [-0.2, -0.15) is 4.98 Å². The Bertz CT molecular complexity index is 542. The molecule has 0 saturated carbocycles. The van der Waals surface area contributed by atoms with E-state index < -0.39 is 0 Å². The van der Waals surface area contributed by atoms with Gasteiger partial charge in [0.2, 0.25) is 5.95 Å². The number of thiazole rings is 1. The van der Waals surface area contributed by atoms with Crippen LogP contribution in [0, 0.1) is 0 Å². The third-order valence-corrected chi connectivity index (χ3v) is 4.01. The van der Waals surface area contributed by atoms with Gasteiger partial charge in [0.05, 0.1) is 12.2 Å². The van der Waals surface area contributed by atoms with Gasteiger partial charge in [-0.05, 0) is 13.3 Å². The van der Waals surface area contributed by atoms with Crippen LogP contribution in [0.3, 0.4) is 0 Å². The predicted octanol–water partition coefficient (Wildman–Crippen LogP) is 2.90. The monoisotopic (exact) mass is 283 g/mol.